The molecule has 5 heteroatoms. The van der Waals surface area contributed by atoms with Crippen molar-refractivity contribution in [1.29, 1.82) is 0 Å². The van der Waals surface area contributed by atoms with E-state index in [1.807, 2.05) is 6.92 Å². The van der Waals surface area contributed by atoms with Gasteiger partial charge in [0, 0.05) is 6.20 Å². The normalized spacial score (nSPS) is 12.9. The zero-order chi connectivity index (χ0) is 10.8. The summed E-state index contributed by atoms with van der Waals surface area (Å²) in [5.74, 6) is -0.242. The van der Waals surface area contributed by atoms with Gasteiger partial charge in [-0.2, -0.15) is 4.98 Å². The summed E-state index contributed by atoms with van der Waals surface area (Å²) in [6.45, 7) is 1.84. The largest absolute Gasteiger partial charge is 0.432 e. The topological polar surface area (TPSA) is 82.0 Å². The zero-order valence-corrected chi connectivity index (χ0v) is 8.30. The molecule has 0 aliphatic carbocycles. The van der Waals surface area contributed by atoms with Crippen LogP contribution in [0.25, 0.3) is 11.2 Å². The predicted molar refractivity (Wildman–Crippen MR) is 54.4 cm³/mol. The SMILES string of the molecule is CCC(N)C(=O)c1nc2ncccc2o1. The van der Waals surface area contributed by atoms with Crippen LogP contribution < -0.4 is 5.73 Å². The van der Waals surface area contributed by atoms with Gasteiger partial charge in [-0.25, -0.2) is 4.98 Å². The number of hydrogen-bond acceptors (Lipinski definition) is 5. The summed E-state index contributed by atoms with van der Waals surface area (Å²) in [6.07, 6.45) is 2.16. The van der Waals surface area contributed by atoms with E-state index in [9.17, 15) is 4.79 Å². The van der Waals surface area contributed by atoms with E-state index in [1.54, 1.807) is 18.3 Å². The summed E-state index contributed by atoms with van der Waals surface area (Å²) in [6, 6.07) is 2.88. The van der Waals surface area contributed by atoms with Gasteiger partial charge in [-0.15, -0.1) is 0 Å². The summed E-state index contributed by atoms with van der Waals surface area (Å²) in [5.41, 5.74) is 6.54. The summed E-state index contributed by atoms with van der Waals surface area (Å²) < 4.78 is 5.25. The fraction of sp³-hybridized carbons (Fsp3) is 0.300. The number of rotatable bonds is 3. The second-order valence-corrected chi connectivity index (χ2v) is 3.22. The van der Waals surface area contributed by atoms with Gasteiger partial charge < -0.3 is 10.2 Å². The molecule has 78 valence electrons. The van der Waals surface area contributed by atoms with E-state index in [4.69, 9.17) is 10.2 Å². The average molecular weight is 205 g/mol. The van der Waals surface area contributed by atoms with Crippen molar-refractivity contribution in [3.05, 3.63) is 24.2 Å². The molecule has 1 unspecified atom stereocenters. The van der Waals surface area contributed by atoms with Gasteiger partial charge >= 0.3 is 0 Å². The highest BCUT2D eigenvalue weighted by molar-refractivity contribution is 5.97. The number of nitrogens with two attached hydrogens (primary N) is 1. The Balaban J connectivity index is 2.41. The third-order valence-electron chi connectivity index (χ3n) is 2.15. The highest BCUT2D eigenvalue weighted by Gasteiger charge is 2.20. The van der Waals surface area contributed by atoms with E-state index in [2.05, 4.69) is 9.97 Å². The van der Waals surface area contributed by atoms with Crippen molar-refractivity contribution in [2.24, 2.45) is 5.73 Å². The van der Waals surface area contributed by atoms with Crippen LogP contribution in [0.5, 0.6) is 0 Å². The number of nitrogens with zero attached hydrogens (tertiary/aromatic N) is 2. The molecule has 0 radical (unpaired) electrons. The molecule has 0 aliphatic rings. The van der Waals surface area contributed by atoms with Crippen molar-refractivity contribution in [3.8, 4) is 0 Å². The minimum Gasteiger partial charge on any atom is -0.432 e. The molecule has 5 nitrogen and oxygen atoms in total. The Hall–Kier alpha value is -1.75. The number of fused-ring (bicyclic) bond motifs is 1. The molecule has 2 N–H and O–H groups in total. The first-order valence-electron chi connectivity index (χ1n) is 4.73. The molecule has 2 aromatic rings. The fourth-order valence-corrected chi connectivity index (χ4v) is 1.22. The molecule has 0 spiro atoms. The summed E-state index contributed by atoms with van der Waals surface area (Å²) in [7, 11) is 0. The Bertz CT molecular complexity index is 459. The van der Waals surface area contributed by atoms with E-state index in [-0.39, 0.29) is 11.7 Å². The highest BCUT2D eigenvalue weighted by atomic mass is 16.4. The van der Waals surface area contributed by atoms with Gasteiger partial charge in [0.25, 0.3) is 5.89 Å². The lowest BCUT2D eigenvalue weighted by atomic mass is 10.1. The van der Waals surface area contributed by atoms with E-state index in [0.29, 0.717) is 17.7 Å². The molecule has 1 atom stereocenters. The lowest BCUT2D eigenvalue weighted by Crippen LogP contribution is -2.29. The molecule has 0 bridgehead atoms. The fourth-order valence-electron chi connectivity index (χ4n) is 1.22. The lowest BCUT2D eigenvalue weighted by molar-refractivity contribution is 0.0927. The van der Waals surface area contributed by atoms with Crippen molar-refractivity contribution in [1.82, 2.24) is 9.97 Å². The molecule has 15 heavy (non-hydrogen) atoms. The number of ketones is 1. The standard InChI is InChI=1S/C10H11N3O2/c1-2-6(11)8(14)10-13-9-7(15-10)4-3-5-12-9/h3-6H,2,11H2,1H3. The van der Waals surface area contributed by atoms with E-state index < -0.39 is 6.04 Å². The maximum atomic E-state index is 11.6. The summed E-state index contributed by atoms with van der Waals surface area (Å²) in [4.78, 5) is 19.6. The van der Waals surface area contributed by atoms with Crippen molar-refractivity contribution in [2.45, 2.75) is 19.4 Å². The highest BCUT2D eigenvalue weighted by Crippen LogP contribution is 2.13. The summed E-state index contributed by atoms with van der Waals surface area (Å²) in [5, 5.41) is 0. The van der Waals surface area contributed by atoms with Gasteiger partial charge in [0.1, 0.15) is 0 Å². The van der Waals surface area contributed by atoms with Crippen LogP contribution >= 0.6 is 0 Å². The Labute approximate surface area is 86.3 Å². The monoisotopic (exact) mass is 205 g/mol. The van der Waals surface area contributed by atoms with Gasteiger partial charge in [0.05, 0.1) is 6.04 Å². The van der Waals surface area contributed by atoms with Crippen molar-refractivity contribution in [2.75, 3.05) is 0 Å². The quantitative estimate of drug-likeness (QED) is 0.760. The second-order valence-electron chi connectivity index (χ2n) is 3.22. The van der Waals surface area contributed by atoms with Gasteiger partial charge in [-0.05, 0) is 18.6 Å². The first-order valence-corrected chi connectivity index (χ1v) is 4.73. The number of hydrogen-bond donors (Lipinski definition) is 1. The minimum absolute atomic E-state index is 0.0399. The number of carbonyl (C=O) groups excluding carboxylic acids is 1. The Kier molecular flexibility index (Phi) is 2.47. The maximum absolute atomic E-state index is 11.6. The van der Waals surface area contributed by atoms with Crippen molar-refractivity contribution in [3.63, 3.8) is 0 Å². The van der Waals surface area contributed by atoms with Crippen LogP contribution in [0.4, 0.5) is 0 Å². The minimum atomic E-state index is -0.557. The van der Waals surface area contributed by atoms with Gasteiger partial charge in [0.15, 0.2) is 11.2 Å². The first kappa shape index (κ1) is 9.79. The van der Waals surface area contributed by atoms with Crippen LogP contribution in [0.1, 0.15) is 24.0 Å². The maximum Gasteiger partial charge on any atom is 0.267 e. The van der Waals surface area contributed by atoms with Gasteiger partial charge in [-0.3, -0.25) is 4.79 Å². The third kappa shape index (κ3) is 1.73. The van der Waals surface area contributed by atoms with E-state index >= 15 is 0 Å². The van der Waals surface area contributed by atoms with Crippen molar-refractivity contribution < 1.29 is 9.21 Å². The molecule has 2 heterocycles. The Morgan fingerprint density at radius 1 is 1.67 bits per heavy atom. The predicted octanol–water partition coefficient (Wildman–Crippen LogP) is 1.14. The average Bonchev–Trinajstić information content (AvgIpc) is 2.70. The molecule has 0 aromatic carbocycles. The second kappa shape index (κ2) is 3.78. The van der Waals surface area contributed by atoms with Crippen molar-refractivity contribution >= 4 is 17.0 Å². The molecule has 0 fully saturated rings. The molecule has 0 amide bonds. The number of Topliss-reactive ketones (excluding diaryl/α,β-unsaturated/α-hetero) is 1. The van der Waals surface area contributed by atoms with Crippen LogP contribution in [0.3, 0.4) is 0 Å². The molecule has 0 saturated heterocycles. The van der Waals surface area contributed by atoms with Crippen LogP contribution in [0.2, 0.25) is 0 Å². The number of carbonyl (C=O) groups is 1. The summed E-state index contributed by atoms with van der Waals surface area (Å²) >= 11 is 0. The molecule has 0 aliphatic heterocycles. The van der Waals surface area contributed by atoms with Gasteiger partial charge in [-0.1, -0.05) is 6.92 Å². The zero-order valence-electron chi connectivity index (χ0n) is 8.30. The third-order valence-corrected chi connectivity index (χ3v) is 2.15. The van der Waals surface area contributed by atoms with Crippen LogP contribution in [0, 0.1) is 0 Å². The lowest BCUT2D eigenvalue weighted by Gasteiger charge is -2.01. The van der Waals surface area contributed by atoms with Gasteiger partial charge in [0.2, 0.25) is 5.78 Å². The first-order chi connectivity index (χ1) is 7.22. The van der Waals surface area contributed by atoms with E-state index in [0.717, 1.165) is 0 Å². The smallest absolute Gasteiger partial charge is 0.267 e. The molecular weight excluding hydrogens is 194 g/mol. The number of pyridine rings is 1. The molecule has 2 rings (SSSR count). The molecule has 0 saturated carbocycles. The number of oxazole rings is 1. The number of aromatic nitrogens is 2. The van der Waals surface area contributed by atoms with Crippen LogP contribution in [-0.2, 0) is 0 Å². The Morgan fingerprint density at radius 3 is 3.13 bits per heavy atom. The van der Waals surface area contributed by atoms with Crippen LogP contribution in [-0.4, -0.2) is 21.8 Å². The van der Waals surface area contributed by atoms with E-state index in [1.165, 1.54) is 0 Å². The van der Waals surface area contributed by atoms with Crippen LogP contribution in [0.15, 0.2) is 22.7 Å². The Morgan fingerprint density at radius 2 is 2.47 bits per heavy atom. The molecular formula is C10H11N3O2. The molecule has 2 aromatic heterocycles.